The zero-order valence-corrected chi connectivity index (χ0v) is 15.3. The molecular formula is C19H23N3O3S. The lowest BCUT2D eigenvalue weighted by Crippen LogP contribution is -2.48. The molecule has 0 bridgehead atoms. The second-order valence-electron chi connectivity index (χ2n) is 5.91. The molecule has 0 radical (unpaired) electrons. The number of hydrogen-bond acceptors (Lipinski definition) is 4. The van der Waals surface area contributed by atoms with Crippen molar-refractivity contribution in [2.45, 2.75) is 31.7 Å². The molecule has 1 heterocycles. The van der Waals surface area contributed by atoms with Gasteiger partial charge in [0.1, 0.15) is 6.04 Å². The molecule has 0 fully saturated rings. The molecule has 1 aromatic heterocycles. The quantitative estimate of drug-likeness (QED) is 0.554. The molecule has 0 aliphatic carbocycles. The monoisotopic (exact) mass is 373 g/mol. The van der Waals surface area contributed by atoms with Crippen LogP contribution in [-0.2, 0) is 16.0 Å². The molecule has 7 heteroatoms. The van der Waals surface area contributed by atoms with Gasteiger partial charge in [-0.1, -0.05) is 36.4 Å². The van der Waals surface area contributed by atoms with Crippen LogP contribution in [0.3, 0.4) is 0 Å². The lowest BCUT2D eigenvalue weighted by atomic mass is 10.0. The standard InChI is InChI=1S/C19H23N3O3S/c20-17(23)10-4-5-11-21-18(24)15(13-14-7-2-1-3-8-14)22-19(25)16-9-6-12-26-16/h1-3,6-9,12,15H,4-5,10-11,13H2,(H2,20,23)(H,21,24)(H,22,25)/t15-/m1/s1. The molecule has 2 aromatic rings. The van der Waals surface area contributed by atoms with Gasteiger partial charge in [0.25, 0.3) is 5.91 Å². The van der Waals surface area contributed by atoms with E-state index < -0.39 is 6.04 Å². The van der Waals surface area contributed by atoms with Crippen molar-refractivity contribution in [3.8, 4) is 0 Å². The van der Waals surface area contributed by atoms with Crippen molar-refractivity contribution in [3.05, 3.63) is 58.3 Å². The van der Waals surface area contributed by atoms with Gasteiger partial charge in [-0.25, -0.2) is 0 Å². The van der Waals surface area contributed by atoms with Gasteiger partial charge in [-0.05, 0) is 29.9 Å². The first-order valence-electron chi connectivity index (χ1n) is 8.50. The number of unbranched alkanes of at least 4 members (excludes halogenated alkanes) is 1. The van der Waals surface area contributed by atoms with Crippen molar-refractivity contribution in [1.82, 2.24) is 10.6 Å². The van der Waals surface area contributed by atoms with Crippen LogP contribution in [0.25, 0.3) is 0 Å². The predicted molar refractivity (Wildman–Crippen MR) is 102 cm³/mol. The van der Waals surface area contributed by atoms with E-state index >= 15 is 0 Å². The van der Waals surface area contributed by atoms with E-state index in [1.807, 2.05) is 35.7 Å². The Morgan fingerprint density at radius 1 is 1.04 bits per heavy atom. The van der Waals surface area contributed by atoms with Gasteiger partial charge in [0.15, 0.2) is 0 Å². The fraction of sp³-hybridized carbons (Fsp3) is 0.316. The van der Waals surface area contributed by atoms with Crippen molar-refractivity contribution in [1.29, 1.82) is 0 Å². The number of nitrogens with one attached hydrogen (secondary N) is 2. The van der Waals surface area contributed by atoms with Gasteiger partial charge in [-0.15, -0.1) is 11.3 Å². The second kappa shape index (κ2) is 10.4. The summed E-state index contributed by atoms with van der Waals surface area (Å²) in [6, 6.07) is 12.4. The zero-order chi connectivity index (χ0) is 18.8. The molecule has 1 atom stereocenters. The maximum Gasteiger partial charge on any atom is 0.262 e. The number of hydrogen-bond donors (Lipinski definition) is 3. The number of carbonyl (C=O) groups excluding carboxylic acids is 3. The Kier molecular flexibility index (Phi) is 7.82. The number of rotatable bonds is 10. The molecular weight excluding hydrogens is 350 g/mol. The molecule has 1 aromatic carbocycles. The first-order chi connectivity index (χ1) is 12.6. The second-order valence-corrected chi connectivity index (χ2v) is 6.86. The van der Waals surface area contributed by atoms with Crippen molar-refractivity contribution >= 4 is 29.1 Å². The molecule has 3 amide bonds. The lowest BCUT2D eigenvalue weighted by molar-refractivity contribution is -0.123. The first-order valence-corrected chi connectivity index (χ1v) is 9.38. The Morgan fingerprint density at radius 3 is 2.46 bits per heavy atom. The number of nitrogens with two attached hydrogens (primary N) is 1. The van der Waals surface area contributed by atoms with E-state index in [0.29, 0.717) is 37.1 Å². The summed E-state index contributed by atoms with van der Waals surface area (Å²) in [5.41, 5.74) is 6.06. The summed E-state index contributed by atoms with van der Waals surface area (Å²) in [4.78, 5) is 36.2. The van der Waals surface area contributed by atoms with E-state index in [2.05, 4.69) is 10.6 Å². The smallest absolute Gasteiger partial charge is 0.262 e. The van der Waals surface area contributed by atoms with Gasteiger partial charge in [0.2, 0.25) is 11.8 Å². The average Bonchev–Trinajstić information content (AvgIpc) is 3.16. The van der Waals surface area contributed by atoms with Gasteiger partial charge in [0, 0.05) is 19.4 Å². The minimum absolute atomic E-state index is 0.238. The van der Waals surface area contributed by atoms with Crippen molar-refractivity contribution in [2.24, 2.45) is 5.73 Å². The van der Waals surface area contributed by atoms with Gasteiger partial charge >= 0.3 is 0 Å². The van der Waals surface area contributed by atoms with Crippen LogP contribution < -0.4 is 16.4 Å². The van der Waals surface area contributed by atoms with Crippen LogP contribution in [0.15, 0.2) is 47.8 Å². The maximum absolute atomic E-state index is 12.5. The number of benzene rings is 1. The summed E-state index contributed by atoms with van der Waals surface area (Å²) < 4.78 is 0. The summed E-state index contributed by atoms with van der Waals surface area (Å²) in [6.07, 6.45) is 2.00. The maximum atomic E-state index is 12.5. The van der Waals surface area contributed by atoms with E-state index in [0.717, 1.165) is 5.56 Å². The minimum atomic E-state index is -0.664. The third-order valence-electron chi connectivity index (χ3n) is 3.80. The molecule has 6 nitrogen and oxygen atoms in total. The van der Waals surface area contributed by atoms with Crippen molar-refractivity contribution < 1.29 is 14.4 Å². The summed E-state index contributed by atoms with van der Waals surface area (Å²) in [5.74, 6) is -0.843. The van der Waals surface area contributed by atoms with Crippen molar-refractivity contribution in [2.75, 3.05) is 6.54 Å². The van der Waals surface area contributed by atoms with Crippen molar-refractivity contribution in [3.63, 3.8) is 0 Å². The highest BCUT2D eigenvalue weighted by Crippen LogP contribution is 2.10. The largest absolute Gasteiger partial charge is 0.370 e. The normalized spacial score (nSPS) is 11.5. The molecule has 2 rings (SSSR count). The minimum Gasteiger partial charge on any atom is -0.370 e. The van der Waals surface area contributed by atoms with E-state index in [-0.39, 0.29) is 17.7 Å². The summed E-state index contributed by atoms with van der Waals surface area (Å²) in [7, 11) is 0. The Balaban J connectivity index is 1.94. The van der Waals surface area contributed by atoms with Gasteiger partial charge < -0.3 is 16.4 Å². The Labute approximate surface area is 156 Å². The fourth-order valence-electron chi connectivity index (χ4n) is 2.46. The third kappa shape index (κ3) is 6.68. The highest BCUT2D eigenvalue weighted by Gasteiger charge is 2.22. The fourth-order valence-corrected chi connectivity index (χ4v) is 3.08. The SMILES string of the molecule is NC(=O)CCCCNC(=O)[C@@H](Cc1ccccc1)NC(=O)c1cccs1. The zero-order valence-electron chi connectivity index (χ0n) is 14.4. The Morgan fingerprint density at radius 2 is 1.81 bits per heavy atom. The summed E-state index contributed by atoms with van der Waals surface area (Å²) >= 11 is 1.33. The molecule has 26 heavy (non-hydrogen) atoms. The van der Waals surface area contributed by atoms with Gasteiger partial charge in [-0.2, -0.15) is 0 Å². The van der Waals surface area contributed by atoms with Crippen LogP contribution >= 0.6 is 11.3 Å². The molecule has 0 aliphatic heterocycles. The number of carbonyl (C=O) groups is 3. The Bertz CT molecular complexity index is 717. The molecule has 4 N–H and O–H groups in total. The lowest BCUT2D eigenvalue weighted by Gasteiger charge is -2.18. The van der Waals surface area contributed by atoms with Crippen LogP contribution in [-0.4, -0.2) is 30.3 Å². The van der Waals surface area contributed by atoms with E-state index in [1.165, 1.54) is 11.3 Å². The number of thiophene rings is 1. The van der Waals surface area contributed by atoms with Crippen LogP contribution in [0, 0.1) is 0 Å². The number of primary amides is 1. The molecule has 0 aliphatic rings. The van der Waals surface area contributed by atoms with E-state index in [4.69, 9.17) is 5.73 Å². The van der Waals surface area contributed by atoms with Crippen LogP contribution in [0.1, 0.15) is 34.5 Å². The molecule has 0 saturated heterocycles. The third-order valence-corrected chi connectivity index (χ3v) is 4.67. The predicted octanol–water partition coefficient (Wildman–Crippen LogP) is 1.86. The Hall–Kier alpha value is -2.67. The number of amides is 3. The van der Waals surface area contributed by atoms with Crippen LogP contribution in [0.4, 0.5) is 0 Å². The topological polar surface area (TPSA) is 101 Å². The molecule has 0 saturated carbocycles. The van der Waals surface area contributed by atoms with Crippen LogP contribution in [0.2, 0.25) is 0 Å². The first kappa shape index (κ1) is 19.7. The summed E-state index contributed by atoms with van der Waals surface area (Å²) in [6.45, 7) is 0.437. The highest BCUT2D eigenvalue weighted by atomic mass is 32.1. The molecule has 0 unspecified atom stereocenters. The van der Waals surface area contributed by atoms with Crippen LogP contribution in [0.5, 0.6) is 0 Å². The highest BCUT2D eigenvalue weighted by molar-refractivity contribution is 7.12. The van der Waals surface area contributed by atoms with E-state index in [1.54, 1.807) is 12.1 Å². The average molecular weight is 373 g/mol. The molecule has 138 valence electrons. The van der Waals surface area contributed by atoms with Gasteiger partial charge in [0.05, 0.1) is 4.88 Å². The molecule has 0 spiro atoms. The van der Waals surface area contributed by atoms with E-state index in [9.17, 15) is 14.4 Å². The summed E-state index contributed by atoms with van der Waals surface area (Å²) in [5, 5.41) is 7.46. The van der Waals surface area contributed by atoms with Gasteiger partial charge in [-0.3, -0.25) is 14.4 Å².